The minimum atomic E-state index is -0.133. The maximum Gasteiger partial charge on any atom is 0.158 e. The number of ether oxygens (including phenoxy) is 2. The summed E-state index contributed by atoms with van der Waals surface area (Å²) in [4.78, 5) is 8.35. The number of aliphatic hydroxyl groups excluding tert-OH is 1. The summed E-state index contributed by atoms with van der Waals surface area (Å²) in [5.41, 5.74) is 0. The molecular weight excluding hydrogens is 270 g/mol. The van der Waals surface area contributed by atoms with E-state index in [2.05, 4.69) is 15.3 Å². The molecule has 0 bridgehead atoms. The van der Waals surface area contributed by atoms with Crippen LogP contribution < -0.4 is 5.32 Å². The fourth-order valence-corrected chi connectivity index (χ4v) is 1.68. The second-order valence-electron chi connectivity index (χ2n) is 3.93. The summed E-state index contributed by atoms with van der Waals surface area (Å²) in [6.45, 7) is 3.35. The summed E-state index contributed by atoms with van der Waals surface area (Å²) in [6.07, 6.45) is 0.676. The Labute approximate surface area is 118 Å². The highest BCUT2D eigenvalue weighted by Crippen LogP contribution is 2.14. The van der Waals surface area contributed by atoms with Crippen LogP contribution in [0, 0.1) is 0 Å². The molecule has 1 heterocycles. The zero-order valence-electron chi connectivity index (χ0n) is 11.2. The number of halogens is 1. The molecule has 1 aromatic heterocycles. The predicted octanol–water partition coefficient (Wildman–Crippen LogP) is 1.48. The van der Waals surface area contributed by atoms with Gasteiger partial charge in [-0.05, 0) is 13.3 Å². The number of nitrogens with zero attached hydrogens (tertiary/aromatic N) is 2. The third kappa shape index (κ3) is 6.15. The van der Waals surface area contributed by atoms with E-state index in [1.165, 1.54) is 0 Å². The minimum Gasteiger partial charge on any atom is -0.394 e. The van der Waals surface area contributed by atoms with E-state index in [-0.39, 0.29) is 12.6 Å². The van der Waals surface area contributed by atoms with Crippen molar-refractivity contribution >= 4 is 17.4 Å². The third-order valence-corrected chi connectivity index (χ3v) is 2.61. The molecule has 1 atom stereocenters. The van der Waals surface area contributed by atoms with Gasteiger partial charge in [0.2, 0.25) is 0 Å². The van der Waals surface area contributed by atoms with Crippen molar-refractivity contribution in [1.82, 2.24) is 9.97 Å². The molecule has 6 nitrogen and oxygen atoms in total. The quantitative estimate of drug-likeness (QED) is 0.671. The highest BCUT2D eigenvalue weighted by atomic mass is 35.5. The topological polar surface area (TPSA) is 76.5 Å². The van der Waals surface area contributed by atoms with Gasteiger partial charge in [0.05, 0.1) is 12.6 Å². The Balaban J connectivity index is 2.67. The van der Waals surface area contributed by atoms with Crippen molar-refractivity contribution in [2.75, 3.05) is 32.2 Å². The number of hydrogen-bond acceptors (Lipinski definition) is 6. The van der Waals surface area contributed by atoms with Gasteiger partial charge < -0.3 is 19.9 Å². The van der Waals surface area contributed by atoms with Crippen LogP contribution in [0.2, 0.25) is 5.15 Å². The number of anilines is 1. The Bertz CT molecular complexity index is 379. The molecule has 0 aliphatic heterocycles. The van der Waals surface area contributed by atoms with Gasteiger partial charge in [-0.2, -0.15) is 0 Å². The number of nitrogens with one attached hydrogen (secondary N) is 1. The lowest BCUT2D eigenvalue weighted by Crippen LogP contribution is -2.26. The second-order valence-corrected chi connectivity index (χ2v) is 4.32. The molecule has 1 rings (SSSR count). The zero-order chi connectivity index (χ0) is 14.1. The maximum atomic E-state index is 9.27. The molecule has 0 aliphatic rings. The van der Waals surface area contributed by atoms with Crippen LogP contribution in [0.5, 0.6) is 0 Å². The SMILES string of the molecule is CCOCc1nc(Cl)cc(NC(CO)CCOC)n1. The van der Waals surface area contributed by atoms with Gasteiger partial charge in [0.15, 0.2) is 5.82 Å². The number of methoxy groups -OCH3 is 1. The Hall–Kier alpha value is -0.950. The molecule has 0 fully saturated rings. The first kappa shape index (κ1) is 16.1. The normalized spacial score (nSPS) is 12.4. The maximum absolute atomic E-state index is 9.27. The molecule has 0 aromatic carbocycles. The van der Waals surface area contributed by atoms with E-state index in [9.17, 15) is 5.11 Å². The van der Waals surface area contributed by atoms with Crippen LogP contribution in [0.4, 0.5) is 5.82 Å². The van der Waals surface area contributed by atoms with Crippen molar-refractivity contribution in [3.8, 4) is 0 Å². The highest BCUT2D eigenvalue weighted by molar-refractivity contribution is 6.29. The smallest absolute Gasteiger partial charge is 0.158 e. The average molecular weight is 290 g/mol. The minimum absolute atomic E-state index is 0.00816. The van der Waals surface area contributed by atoms with Crippen molar-refractivity contribution in [2.24, 2.45) is 0 Å². The molecule has 1 aromatic rings. The predicted molar refractivity (Wildman–Crippen MR) is 73.4 cm³/mol. The van der Waals surface area contributed by atoms with E-state index < -0.39 is 0 Å². The molecule has 0 saturated carbocycles. The van der Waals surface area contributed by atoms with Crippen LogP contribution in [0.25, 0.3) is 0 Å². The standard InChI is InChI=1S/C12H20ClN3O3/c1-3-19-8-12-15-10(13)6-11(16-12)14-9(7-17)4-5-18-2/h6,9,17H,3-5,7-8H2,1-2H3,(H,14,15,16). The van der Waals surface area contributed by atoms with Crippen molar-refractivity contribution in [2.45, 2.75) is 26.0 Å². The van der Waals surface area contributed by atoms with Gasteiger partial charge in [0, 0.05) is 26.4 Å². The first-order chi connectivity index (χ1) is 9.19. The van der Waals surface area contributed by atoms with Gasteiger partial charge in [-0.15, -0.1) is 0 Å². The Kier molecular flexibility index (Phi) is 7.66. The van der Waals surface area contributed by atoms with Gasteiger partial charge in [-0.25, -0.2) is 9.97 Å². The number of rotatable bonds is 9. The first-order valence-corrected chi connectivity index (χ1v) is 6.55. The van der Waals surface area contributed by atoms with E-state index >= 15 is 0 Å². The second kappa shape index (κ2) is 9.03. The zero-order valence-corrected chi connectivity index (χ0v) is 12.0. The summed E-state index contributed by atoms with van der Waals surface area (Å²) in [7, 11) is 1.62. The molecule has 0 aliphatic carbocycles. The van der Waals surface area contributed by atoms with Gasteiger partial charge in [0.1, 0.15) is 17.6 Å². The molecule has 2 N–H and O–H groups in total. The third-order valence-electron chi connectivity index (χ3n) is 2.42. The number of aliphatic hydroxyl groups is 1. The molecular formula is C12H20ClN3O3. The molecule has 0 spiro atoms. The van der Waals surface area contributed by atoms with E-state index in [0.717, 1.165) is 0 Å². The highest BCUT2D eigenvalue weighted by Gasteiger charge is 2.10. The van der Waals surface area contributed by atoms with Crippen LogP contribution in [0.15, 0.2) is 6.07 Å². The molecule has 19 heavy (non-hydrogen) atoms. The van der Waals surface area contributed by atoms with Crippen LogP contribution in [0.3, 0.4) is 0 Å². The van der Waals surface area contributed by atoms with Gasteiger partial charge in [-0.1, -0.05) is 11.6 Å². The summed E-state index contributed by atoms with van der Waals surface area (Å²) in [5, 5.41) is 12.7. The Morgan fingerprint density at radius 1 is 1.47 bits per heavy atom. The van der Waals surface area contributed by atoms with E-state index in [0.29, 0.717) is 43.0 Å². The van der Waals surface area contributed by atoms with Gasteiger partial charge in [0.25, 0.3) is 0 Å². The van der Waals surface area contributed by atoms with Gasteiger partial charge in [-0.3, -0.25) is 0 Å². The lowest BCUT2D eigenvalue weighted by atomic mass is 10.2. The monoisotopic (exact) mass is 289 g/mol. The van der Waals surface area contributed by atoms with E-state index in [1.54, 1.807) is 13.2 Å². The molecule has 0 radical (unpaired) electrons. The molecule has 1 unspecified atom stereocenters. The van der Waals surface area contributed by atoms with Crippen LogP contribution in [-0.2, 0) is 16.1 Å². The lowest BCUT2D eigenvalue weighted by Gasteiger charge is -2.16. The molecule has 7 heteroatoms. The molecule has 0 saturated heterocycles. The van der Waals surface area contributed by atoms with Crippen molar-refractivity contribution in [1.29, 1.82) is 0 Å². The average Bonchev–Trinajstić information content (AvgIpc) is 2.40. The number of hydrogen-bond donors (Lipinski definition) is 2. The van der Waals surface area contributed by atoms with Crippen molar-refractivity contribution < 1.29 is 14.6 Å². The first-order valence-electron chi connectivity index (χ1n) is 6.17. The molecule has 0 amide bonds. The lowest BCUT2D eigenvalue weighted by molar-refractivity contribution is 0.128. The van der Waals surface area contributed by atoms with Crippen LogP contribution >= 0.6 is 11.6 Å². The fourth-order valence-electron chi connectivity index (χ4n) is 1.47. The summed E-state index contributed by atoms with van der Waals surface area (Å²) >= 11 is 5.93. The largest absolute Gasteiger partial charge is 0.394 e. The molecule has 108 valence electrons. The Morgan fingerprint density at radius 3 is 2.89 bits per heavy atom. The Morgan fingerprint density at radius 2 is 2.26 bits per heavy atom. The summed E-state index contributed by atoms with van der Waals surface area (Å²) in [6, 6.07) is 1.48. The van der Waals surface area contributed by atoms with Gasteiger partial charge >= 0.3 is 0 Å². The summed E-state index contributed by atoms with van der Waals surface area (Å²) < 4.78 is 10.2. The van der Waals surface area contributed by atoms with Crippen LogP contribution in [0.1, 0.15) is 19.2 Å². The van der Waals surface area contributed by atoms with Crippen LogP contribution in [-0.4, -0.2) is 48.0 Å². The van der Waals surface area contributed by atoms with E-state index in [4.69, 9.17) is 21.1 Å². The van der Waals surface area contributed by atoms with Crippen molar-refractivity contribution in [3.05, 3.63) is 17.0 Å². The summed E-state index contributed by atoms with van der Waals surface area (Å²) in [5.74, 6) is 1.09. The number of aromatic nitrogens is 2. The van der Waals surface area contributed by atoms with Crippen molar-refractivity contribution in [3.63, 3.8) is 0 Å². The van der Waals surface area contributed by atoms with E-state index in [1.807, 2.05) is 6.92 Å². The fraction of sp³-hybridized carbons (Fsp3) is 0.667.